The van der Waals surface area contributed by atoms with Gasteiger partial charge in [-0.2, -0.15) is 36.4 Å². The van der Waals surface area contributed by atoms with E-state index in [1.807, 2.05) is 30.3 Å². The molecule has 1 aromatic carbocycles. The quantitative estimate of drug-likeness (QED) is 0.414. The average molecular weight is 222 g/mol. The zero-order valence-electron chi connectivity index (χ0n) is 6.40. The Morgan fingerprint density at radius 1 is 1.18 bits per heavy atom. The third-order valence-electron chi connectivity index (χ3n) is 0.607. The minimum atomic E-state index is -0.833. The largest absolute Gasteiger partial charge is 2.00 e. The van der Waals surface area contributed by atoms with Crippen LogP contribution in [0.25, 0.3) is 0 Å². The molecule has 2 nitrogen and oxygen atoms in total. The second-order valence-corrected chi connectivity index (χ2v) is 1.32. The molecule has 0 aromatic heterocycles. The van der Waals surface area contributed by atoms with Crippen molar-refractivity contribution in [3.05, 3.63) is 43.8 Å². The van der Waals surface area contributed by atoms with Crippen LogP contribution in [0.15, 0.2) is 30.3 Å². The third kappa shape index (κ3) is 17.8. The van der Waals surface area contributed by atoms with Crippen LogP contribution in [0.4, 0.5) is 0 Å². The van der Waals surface area contributed by atoms with Gasteiger partial charge in [0.1, 0.15) is 0 Å². The van der Waals surface area contributed by atoms with E-state index in [2.05, 4.69) is 6.07 Å². The van der Waals surface area contributed by atoms with Gasteiger partial charge in [0.05, 0.1) is 0 Å². The van der Waals surface area contributed by atoms with Crippen molar-refractivity contribution in [1.29, 1.82) is 0 Å². The summed E-state index contributed by atoms with van der Waals surface area (Å²) in [6.07, 6.45) is 0. The fraction of sp³-hybridized carbons (Fsp3) is 0. The summed E-state index contributed by atoms with van der Waals surface area (Å²) < 4.78 is 8.46. The van der Waals surface area contributed by atoms with E-state index in [9.17, 15) is 0 Å². The minimum absolute atomic E-state index is 0. The van der Waals surface area contributed by atoms with E-state index in [0.29, 0.717) is 0 Å². The summed E-state index contributed by atoms with van der Waals surface area (Å²) in [5, 5.41) is 0. The van der Waals surface area contributed by atoms with Crippen LogP contribution < -0.4 is 0 Å². The molecule has 0 aliphatic carbocycles. The molecule has 0 saturated heterocycles. The van der Waals surface area contributed by atoms with Gasteiger partial charge in [0.25, 0.3) is 0 Å². The molecule has 4 heteroatoms. The van der Waals surface area contributed by atoms with Crippen molar-refractivity contribution in [3.63, 3.8) is 0 Å². The monoisotopic (exact) mass is 220 g/mol. The van der Waals surface area contributed by atoms with Crippen LogP contribution in [0.1, 0.15) is 0 Å². The Hall–Kier alpha value is -0.0966. The van der Waals surface area contributed by atoms with Crippen LogP contribution in [0.3, 0.4) is 0 Å². The maximum Gasteiger partial charge on any atom is 2.00 e. The van der Waals surface area contributed by atoms with Crippen LogP contribution in [-0.2, 0) is 24.0 Å². The van der Waals surface area contributed by atoms with Crippen LogP contribution >= 0.6 is 8.69 Å². The number of hydrogen-bond acceptors (Lipinski definition) is 1. The predicted octanol–water partition coefficient (Wildman–Crippen LogP) is 2.12. The molecule has 0 aliphatic rings. The molecular formula is C7H9O2PZn. The number of hydrogen-bond donors (Lipinski definition) is 1. The molecule has 0 amide bonds. The minimum Gasteiger partial charge on any atom is -0.358 e. The first-order valence-corrected chi connectivity index (χ1v) is 3.06. The van der Waals surface area contributed by atoms with E-state index in [-0.39, 0.29) is 26.9 Å². The first-order valence-electron chi connectivity index (χ1n) is 2.29. The Bertz CT molecular complexity index is 120. The van der Waals surface area contributed by atoms with Crippen molar-refractivity contribution in [2.45, 2.75) is 0 Å². The van der Waals surface area contributed by atoms with E-state index in [0.717, 1.165) is 0 Å². The molecular weight excluding hydrogens is 212 g/mol. The molecule has 1 rings (SSSR count). The molecule has 0 unspecified atom stereocenters. The molecule has 0 saturated carbocycles. The first kappa shape index (κ1) is 17.1. The molecule has 0 heterocycles. The van der Waals surface area contributed by atoms with Gasteiger partial charge in [-0.1, -0.05) is 0 Å². The van der Waals surface area contributed by atoms with Gasteiger partial charge in [-0.3, -0.25) is 0 Å². The number of rotatable bonds is 0. The fourth-order valence-corrected chi connectivity index (χ4v) is 0.342. The van der Waals surface area contributed by atoms with Crippen LogP contribution in [-0.4, -0.2) is 4.89 Å². The van der Waals surface area contributed by atoms with E-state index < -0.39 is 8.69 Å². The van der Waals surface area contributed by atoms with Gasteiger partial charge in [-0.05, 0) is 0 Å². The van der Waals surface area contributed by atoms with Crippen LogP contribution in [0.2, 0.25) is 0 Å². The number of benzene rings is 1. The smallest absolute Gasteiger partial charge is 0.358 e. The van der Waals surface area contributed by atoms with Gasteiger partial charge in [0, 0.05) is 0 Å². The fourth-order valence-electron chi connectivity index (χ4n) is 0.342. The van der Waals surface area contributed by atoms with Crippen molar-refractivity contribution in [1.82, 2.24) is 0 Å². The van der Waals surface area contributed by atoms with Gasteiger partial charge in [0.2, 0.25) is 0 Å². The van der Waals surface area contributed by atoms with Gasteiger partial charge >= 0.3 is 28.2 Å². The normalized spacial score (nSPS) is 6.27. The van der Waals surface area contributed by atoms with Gasteiger partial charge in [-0.25, -0.2) is 4.57 Å². The predicted molar refractivity (Wildman–Crippen MR) is 41.5 cm³/mol. The Labute approximate surface area is 81.7 Å². The molecule has 0 aliphatic heterocycles. The summed E-state index contributed by atoms with van der Waals surface area (Å²) >= 11 is 0. The van der Waals surface area contributed by atoms with Crippen molar-refractivity contribution >= 4 is 8.69 Å². The summed E-state index contributed by atoms with van der Waals surface area (Å²) in [6.45, 7) is 0. The topological polar surface area (TPSA) is 37.3 Å². The zero-order chi connectivity index (χ0) is 6.95. The molecule has 56 valence electrons. The average Bonchev–Trinajstić information content (AvgIpc) is 1.93. The van der Waals surface area contributed by atoms with Crippen LogP contribution in [0.5, 0.6) is 0 Å². The molecule has 0 bridgehead atoms. The standard InChI is InChI=1S/C6H5.CH3.HO2P.Zn/c1-2-4-6-5-3-1;;1-3-2;/h1-5H;1H3;(H,1,2);/q2*-1;;+2. The molecule has 0 fully saturated rings. The second-order valence-electron chi connectivity index (χ2n) is 1.16. The van der Waals surface area contributed by atoms with E-state index >= 15 is 0 Å². The summed E-state index contributed by atoms with van der Waals surface area (Å²) in [5.74, 6) is 0. The molecule has 1 N–H and O–H groups in total. The summed E-state index contributed by atoms with van der Waals surface area (Å²) in [7, 11) is -0.833. The van der Waals surface area contributed by atoms with Gasteiger partial charge in [0.15, 0.2) is 0 Å². The Kier molecular flexibility index (Phi) is 25.6. The van der Waals surface area contributed by atoms with E-state index in [4.69, 9.17) is 9.46 Å². The maximum absolute atomic E-state index is 8.46. The molecule has 0 spiro atoms. The first-order chi connectivity index (χ1) is 4.41. The van der Waals surface area contributed by atoms with Gasteiger partial charge in [-0.15, -0.1) is 0 Å². The van der Waals surface area contributed by atoms with Crippen molar-refractivity contribution < 1.29 is 28.9 Å². The SMILES string of the molecule is O=PO.[CH3-].[Zn+2].[c-]1ccccc1. The second kappa shape index (κ2) is 16.5. The van der Waals surface area contributed by atoms with E-state index in [1.165, 1.54) is 0 Å². The maximum atomic E-state index is 8.46. The van der Waals surface area contributed by atoms with Gasteiger partial charge < -0.3 is 12.3 Å². The van der Waals surface area contributed by atoms with Crippen molar-refractivity contribution in [2.75, 3.05) is 0 Å². The Morgan fingerprint density at radius 3 is 1.64 bits per heavy atom. The van der Waals surface area contributed by atoms with Crippen molar-refractivity contribution in [3.8, 4) is 0 Å². The molecule has 11 heavy (non-hydrogen) atoms. The zero-order valence-corrected chi connectivity index (χ0v) is 10.3. The Morgan fingerprint density at radius 2 is 1.55 bits per heavy atom. The molecule has 0 radical (unpaired) electrons. The summed E-state index contributed by atoms with van der Waals surface area (Å²) in [4.78, 5) is 6.99. The van der Waals surface area contributed by atoms with E-state index in [1.54, 1.807) is 0 Å². The molecule has 1 aromatic rings. The Balaban J connectivity index is -0.000000116. The third-order valence-corrected chi connectivity index (χ3v) is 0.607. The molecule has 0 atom stereocenters. The summed E-state index contributed by atoms with van der Waals surface area (Å²) in [5.41, 5.74) is 0. The van der Waals surface area contributed by atoms with Crippen LogP contribution in [0, 0.1) is 13.5 Å². The van der Waals surface area contributed by atoms with Crippen molar-refractivity contribution in [2.24, 2.45) is 0 Å². The summed E-state index contributed by atoms with van der Waals surface area (Å²) in [6, 6.07) is 12.5.